The Hall–Kier alpha value is -1.50. The van der Waals surface area contributed by atoms with Crippen LogP contribution >= 0.6 is 0 Å². The van der Waals surface area contributed by atoms with Crippen LogP contribution in [0.3, 0.4) is 0 Å². The summed E-state index contributed by atoms with van der Waals surface area (Å²) in [5.41, 5.74) is 1.99. The molecule has 0 fully saturated rings. The monoisotopic (exact) mass is 248 g/mol. The molecule has 0 aromatic heterocycles. The molecular formula is C15H20O3. The lowest BCUT2D eigenvalue weighted by molar-refractivity contribution is 0.0916. The van der Waals surface area contributed by atoms with Crippen molar-refractivity contribution in [3.05, 3.63) is 29.3 Å². The van der Waals surface area contributed by atoms with Crippen molar-refractivity contribution in [1.82, 2.24) is 0 Å². The van der Waals surface area contributed by atoms with Crippen molar-refractivity contribution in [2.75, 3.05) is 20.3 Å². The van der Waals surface area contributed by atoms with E-state index in [1.54, 1.807) is 7.11 Å². The van der Waals surface area contributed by atoms with E-state index in [4.69, 9.17) is 14.6 Å². The Kier molecular flexibility index (Phi) is 6.27. The van der Waals surface area contributed by atoms with Crippen LogP contribution in [0.25, 0.3) is 0 Å². The van der Waals surface area contributed by atoms with E-state index in [1.165, 1.54) is 0 Å². The van der Waals surface area contributed by atoms with Gasteiger partial charge in [-0.05, 0) is 37.6 Å². The first-order valence-electron chi connectivity index (χ1n) is 6.03. The SMILES string of the molecule is COCC(C)Oc1ccc(C#CCCO)cc1C. The van der Waals surface area contributed by atoms with Gasteiger partial charge < -0.3 is 14.6 Å². The number of aliphatic hydroxyl groups excluding tert-OH is 1. The molecule has 0 radical (unpaired) electrons. The molecule has 1 aromatic carbocycles. The molecular weight excluding hydrogens is 228 g/mol. The molecule has 0 heterocycles. The van der Waals surface area contributed by atoms with Crippen LogP contribution in [0.4, 0.5) is 0 Å². The lowest BCUT2D eigenvalue weighted by Crippen LogP contribution is -2.18. The van der Waals surface area contributed by atoms with Gasteiger partial charge in [0.05, 0.1) is 13.2 Å². The zero-order valence-electron chi connectivity index (χ0n) is 11.2. The van der Waals surface area contributed by atoms with E-state index < -0.39 is 0 Å². The molecule has 98 valence electrons. The van der Waals surface area contributed by atoms with E-state index >= 15 is 0 Å². The topological polar surface area (TPSA) is 38.7 Å². The first-order chi connectivity index (χ1) is 8.67. The zero-order chi connectivity index (χ0) is 13.4. The number of aliphatic hydroxyl groups is 1. The molecule has 1 atom stereocenters. The van der Waals surface area contributed by atoms with Gasteiger partial charge in [-0.25, -0.2) is 0 Å². The highest BCUT2D eigenvalue weighted by molar-refractivity contribution is 5.43. The number of hydrogen-bond donors (Lipinski definition) is 1. The van der Waals surface area contributed by atoms with Crippen LogP contribution in [0, 0.1) is 18.8 Å². The van der Waals surface area contributed by atoms with Crippen LogP contribution < -0.4 is 4.74 Å². The summed E-state index contributed by atoms with van der Waals surface area (Å²) < 4.78 is 10.8. The van der Waals surface area contributed by atoms with Gasteiger partial charge in [-0.2, -0.15) is 0 Å². The van der Waals surface area contributed by atoms with Crippen LogP contribution in [0.1, 0.15) is 24.5 Å². The molecule has 0 aliphatic rings. The summed E-state index contributed by atoms with van der Waals surface area (Å²) in [5.74, 6) is 6.75. The standard InChI is InChI=1S/C15H20O3/c1-12-10-14(6-4-5-9-16)7-8-15(12)18-13(2)11-17-3/h7-8,10,13,16H,5,9,11H2,1-3H3. The van der Waals surface area contributed by atoms with Gasteiger partial charge in [0, 0.05) is 19.1 Å². The van der Waals surface area contributed by atoms with Crippen molar-refractivity contribution in [2.45, 2.75) is 26.4 Å². The Bertz CT molecular complexity index is 429. The minimum absolute atomic E-state index is 0.0278. The maximum Gasteiger partial charge on any atom is 0.122 e. The summed E-state index contributed by atoms with van der Waals surface area (Å²) in [7, 11) is 1.66. The highest BCUT2D eigenvalue weighted by Crippen LogP contribution is 2.20. The third-order valence-corrected chi connectivity index (χ3v) is 2.37. The number of rotatable bonds is 5. The predicted molar refractivity (Wildman–Crippen MR) is 71.7 cm³/mol. The summed E-state index contributed by atoms with van der Waals surface area (Å²) in [5, 5.41) is 8.66. The van der Waals surface area contributed by atoms with Crippen molar-refractivity contribution in [3.8, 4) is 17.6 Å². The molecule has 1 rings (SSSR count). The van der Waals surface area contributed by atoms with Gasteiger partial charge in [0.25, 0.3) is 0 Å². The quantitative estimate of drug-likeness (QED) is 0.811. The second kappa shape index (κ2) is 7.75. The van der Waals surface area contributed by atoms with E-state index in [-0.39, 0.29) is 12.7 Å². The molecule has 0 amide bonds. The van der Waals surface area contributed by atoms with Crippen LogP contribution in [0.5, 0.6) is 5.75 Å². The molecule has 18 heavy (non-hydrogen) atoms. The van der Waals surface area contributed by atoms with Crippen molar-refractivity contribution in [3.63, 3.8) is 0 Å². The van der Waals surface area contributed by atoms with E-state index in [1.807, 2.05) is 32.0 Å². The van der Waals surface area contributed by atoms with E-state index in [9.17, 15) is 0 Å². The first-order valence-corrected chi connectivity index (χ1v) is 6.03. The highest BCUT2D eigenvalue weighted by atomic mass is 16.5. The summed E-state index contributed by atoms with van der Waals surface area (Å²) in [6.07, 6.45) is 0.530. The van der Waals surface area contributed by atoms with E-state index in [0.717, 1.165) is 16.9 Å². The molecule has 1 N–H and O–H groups in total. The molecule has 0 aliphatic carbocycles. The Balaban J connectivity index is 2.71. The molecule has 0 saturated carbocycles. The fraction of sp³-hybridized carbons (Fsp3) is 0.467. The Morgan fingerprint density at radius 3 is 2.78 bits per heavy atom. The normalized spacial score (nSPS) is 11.6. The number of methoxy groups -OCH3 is 1. The van der Waals surface area contributed by atoms with Gasteiger partial charge in [0.1, 0.15) is 11.9 Å². The van der Waals surface area contributed by atoms with Crippen LogP contribution in [-0.4, -0.2) is 31.5 Å². The van der Waals surface area contributed by atoms with Crippen LogP contribution in [-0.2, 0) is 4.74 Å². The Labute approximate surface area is 109 Å². The lowest BCUT2D eigenvalue weighted by atomic mass is 10.1. The molecule has 0 spiro atoms. The smallest absolute Gasteiger partial charge is 0.122 e. The van der Waals surface area contributed by atoms with Crippen molar-refractivity contribution < 1.29 is 14.6 Å². The van der Waals surface area contributed by atoms with Crippen LogP contribution in [0.15, 0.2) is 18.2 Å². The summed E-state index contributed by atoms with van der Waals surface area (Å²) >= 11 is 0. The third kappa shape index (κ3) is 4.79. The average Bonchev–Trinajstić information content (AvgIpc) is 2.33. The predicted octanol–water partition coefficient (Wildman–Crippen LogP) is 2.14. The first kappa shape index (κ1) is 14.6. The summed E-state index contributed by atoms with van der Waals surface area (Å²) in [6, 6.07) is 5.83. The van der Waals surface area contributed by atoms with Crippen LogP contribution in [0.2, 0.25) is 0 Å². The molecule has 0 bridgehead atoms. The van der Waals surface area contributed by atoms with Gasteiger partial charge in [0.2, 0.25) is 0 Å². The second-order valence-electron chi connectivity index (χ2n) is 4.14. The van der Waals surface area contributed by atoms with Gasteiger partial charge in [-0.1, -0.05) is 11.8 Å². The Morgan fingerprint density at radius 1 is 1.39 bits per heavy atom. The average molecular weight is 248 g/mol. The number of hydrogen-bond acceptors (Lipinski definition) is 3. The molecule has 0 saturated heterocycles. The van der Waals surface area contributed by atoms with Crippen molar-refractivity contribution >= 4 is 0 Å². The van der Waals surface area contributed by atoms with Gasteiger partial charge >= 0.3 is 0 Å². The van der Waals surface area contributed by atoms with E-state index in [2.05, 4.69) is 11.8 Å². The van der Waals surface area contributed by atoms with Gasteiger partial charge in [0.15, 0.2) is 0 Å². The largest absolute Gasteiger partial charge is 0.488 e. The highest BCUT2D eigenvalue weighted by Gasteiger charge is 2.06. The maximum atomic E-state index is 8.66. The molecule has 1 unspecified atom stereocenters. The third-order valence-electron chi connectivity index (χ3n) is 2.37. The van der Waals surface area contributed by atoms with E-state index in [0.29, 0.717) is 13.0 Å². The number of benzene rings is 1. The number of aryl methyl sites for hydroxylation is 1. The summed E-state index contributed by atoms with van der Waals surface area (Å²) in [4.78, 5) is 0. The Morgan fingerprint density at radius 2 is 2.17 bits per heavy atom. The van der Waals surface area contributed by atoms with Crippen molar-refractivity contribution in [2.24, 2.45) is 0 Å². The summed E-state index contributed by atoms with van der Waals surface area (Å²) in [6.45, 7) is 4.63. The molecule has 3 nitrogen and oxygen atoms in total. The zero-order valence-corrected chi connectivity index (χ0v) is 11.2. The van der Waals surface area contributed by atoms with Crippen molar-refractivity contribution in [1.29, 1.82) is 0 Å². The minimum Gasteiger partial charge on any atom is -0.488 e. The minimum atomic E-state index is 0.0278. The lowest BCUT2D eigenvalue weighted by Gasteiger charge is -2.15. The number of ether oxygens (including phenoxy) is 2. The molecule has 0 aliphatic heterocycles. The van der Waals surface area contributed by atoms with Gasteiger partial charge in [-0.3, -0.25) is 0 Å². The second-order valence-corrected chi connectivity index (χ2v) is 4.14. The molecule has 1 aromatic rings. The molecule has 3 heteroatoms. The van der Waals surface area contributed by atoms with Gasteiger partial charge in [-0.15, -0.1) is 0 Å². The fourth-order valence-corrected chi connectivity index (χ4v) is 1.57. The maximum absolute atomic E-state index is 8.66. The fourth-order valence-electron chi connectivity index (χ4n) is 1.57.